The third kappa shape index (κ3) is 3.91. The van der Waals surface area contributed by atoms with E-state index in [4.69, 9.17) is 0 Å². The summed E-state index contributed by atoms with van der Waals surface area (Å²) in [6.45, 7) is 0.676. The predicted molar refractivity (Wildman–Crippen MR) is 80.4 cm³/mol. The van der Waals surface area contributed by atoms with Gasteiger partial charge in [0.15, 0.2) is 0 Å². The zero-order valence-electron chi connectivity index (χ0n) is 11.2. The van der Waals surface area contributed by atoms with E-state index in [1.165, 1.54) is 31.7 Å². The predicted octanol–water partition coefficient (Wildman–Crippen LogP) is 4.88. The number of nitro groups is 1. The van der Waals surface area contributed by atoms with Crippen molar-refractivity contribution in [3.63, 3.8) is 0 Å². The molecule has 1 saturated carbocycles. The summed E-state index contributed by atoms with van der Waals surface area (Å²) in [7, 11) is 0. The monoisotopic (exact) mass is 344 g/mol. The SMILES string of the molecule is O=[N+]([O-])c1cc(F)c(Br)cc1NCCCC1CCCC1. The topological polar surface area (TPSA) is 55.2 Å². The van der Waals surface area contributed by atoms with Gasteiger partial charge in [-0.25, -0.2) is 4.39 Å². The second kappa shape index (κ2) is 7.02. The highest BCUT2D eigenvalue weighted by atomic mass is 79.9. The molecule has 0 spiro atoms. The Hall–Kier alpha value is -1.17. The normalized spacial score (nSPS) is 15.5. The number of hydrogen-bond acceptors (Lipinski definition) is 3. The molecule has 0 heterocycles. The first-order chi connectivity index (χ1) is 9.58. The molecule has 0 radical (unpaired) electrons. The van der Waals surface area contributed by atoms with Gasteiger partial charge in [0.05, 0.1) is 15.5 Å². The largest absolute Gasteiger partial charge is 0.379 e. The van der Waals surface area contributed by atoms with Crippen LogP contribution in [0.15, 0.2) is 16.6 Å². The molecule has 1 N–H and O–H groups in total. The molecule has 6 heteroatoms. The lowest BCUT2D eigenvalue weighted by Gasteiger charge is -2.11. The second-order valence-corrected chi connectivity index (χ2v) is 6.11. The van der Waals surface area contributed by atoms with Crippen LogP contribution in [0.4, 0.5) is 15.8 Å². The molecule has 0 aliphatic heterocycles. The van der Waals surface area contributed by atoms with Crippen molar-refractivity contribution in [1.29, 1.82) is 0 Å². The number of benzene rings is 1. The fourth-order valence-electron chi connectivity index (χ4n) is 2.74. The van der Waals surface area contributed by atoms with Crippen molar-refractivity contribution in [2.45, 2.75) is 38.5 Å². The average Bonchev–Trinajstić information content (AvgIpc) is 2.91. The molecule has 1 aromatic carbocycles. The van der Waals surface area contributed by atoms with Gasteiger partial charge in [0.1, 0.15) is 11.5 Å². The van der Waals surface area contributed by atoms with E-state index in [9.17, 15) is 14.5 Å². The molecule has 20 heavy (non-hydrogen) atoms. The first kappa shape index (κ1) is 15.2. The van der Waals surface area contributed by atoms with E-state index in [-0.39, 0.29) is 10.2 Å². The first-order valence-electron chi connectivity index (χ1n) is 6.95. The van der Waals surface area contributed by atoms with Crippen molar-refractivity contribution >= 4 is 27.3 Å². The molecular formula is C14H18BrFN2O2. The summed E-state index contributed by atoms with van der Waals surface area (Å²) in [6, 6.07) is 2.38. The van der Waals surface area contributed by atoms with E-state index in [0.717, 1.165) is 24.8 Å². The van der Waals surface area contributed by atoms with Crippen LogP contribution < -0.4 is 5.32 Å². The molecule has 110 valence electrons. The van der Waals surface area contributed by atoms with Crippen molar-refractivity contribution < 1.29 is 9.31 Å². The number of nitrogens with one attached hydrogen (secondary N) is 1. The Bertz CT molecular complexity index is 490. The summed E-state index contributed by atoms with van der Waals surface area (Å²) in [5.41, 5.74) is 0.154. The van der Waals surface area contributed by atoms with E-state index in [0.29, 0.717) is 12.2 Å². The Morgan fingerprint density at radius 1 is 1.40 bits per heavy atom. The van der Waals surface area contributed by atoms with E-state index in [1.54, 1.807) is 0 Å². The van der Waals surface area contributed by atoms with Crippen LogP contribution in [0.3, 0.4) is 0 Å². The third-order valence-electron chi connectivity index (χ3n) is 3.81. The number of nitrogens with zero attached hydrogens (tertiary/aromatic N) is 1. The van der Waals surface area contributed by atoms with Crippen molar-refractivity contribution in [3.8, 4) is 0 Å². The lowest BCUT2D eigenvalue weighted by Crippen LogP contribution is -2.06. The minimum absolute atomic E-state index is 0.216. The van der Waals surface area contributed by atoms with Crippen LogP contribution in [0.1, 0.15) is 38.5 Å². The maximum Gasteiger partial charge on any atom is 0.295 e. The molecule has 0 aromatic heterocycles. The van der Waals surface area contributed by atoms with Gasteiger partial charge in [-0.1, -0.05) is 25.7 Å². The standard InChI is InChI=1S/C14H18BrFN2O2/c15-11-8-13(14(18(19)20)9-12(11)16)17-7-3-6-10-4-1-2-5-10/h8-10,17H,1-7H2. The number of nitro benzene ring substituents is 1. The van der Waals surface area contributed by atoms with Crippen LogP contribution >= 0.6 is 15.9 Å². The second-order valence-electron chi connectivity index (χ2n) is 5.26. The summed E-state index contributed by atoms with van der Waals surface area (Å²) < 4.78 is 13.6. The molecular weight excluding hydrogens is 327 g/mol. The highest BCUT2D eigenvalue weighted by molar-refractivity contribution is 9.10. The Labute approximate surface area is 126 Å². The zero-order valence-corrected chi connectivity index (χ0v) is 12.8. The third-order valence-corrected chi connectivity index (χ3v) is 4.42. The van der Waals surface area contributed by atoms with Crippen LogP contribution in [0, 0.1) is 21.8 Å². The van der Waals surface area contributed by atoms with Gasteiger partial charge in [-0.05, 0) is 40.8 Å². The maximum absolute atomic E-state index is 13.3. The lowest BCUT2D eigenvalue weighted by molar-refractivity contribution is -0.384. The highest BCUT2D eigenvalue weighted by Gasteiger charge is 2.18. The van der Waals surface area contributed by atoms with Gasteiger partial charge in [-0.2, -0.15) is 0 Å². The van der Waals surface area contributed by atoms with Crippen LogP contribution in [0.25, 0.3) is 0 Å². The molecule has 0 bridgehead atoms. The smallest absolute Gasteiger partial charge is 0.295 e. The minimum atomic E-state index is -0.617. The van der Waals surface area contributed by atoms with Crippen LogP contribution in [0.2, 0.25) is 0 Å². The fraction of sp³-hybridized carbons (Fsp3) is 0.571. The van der Waals surface area contributed by atoms with E-state index >= 15 is 0 Å². The molecule has 1 aliphatic carbocycles. The summed E-state index contributed by atoms with van der Waals surface area (Å²) >= 11 is 3.05. The summed E-state index contributed by atoms with van der Waals surface area (Å²) in [5.74, 6) is 0.194. The molecule has 0 unspecified atom stereocenters. The quantitative estimate of drug-likeness (QED) is 0.454. The Balaban J connectivity index is 1.90. The molecule has 0 amide bonds. The Kier molecular flexibility index (Phi) is 5.34. The van der Waals surface area contributed by atoms with E-state index in [1.807, 2.05) is 0 Å². The number of halogens is 2. The van der Waals surface area contributed by atoms with Crippen LogP contribution in [-0.4, -0.2) is 11.5 Å². The molecule has 1 aromatic rings. The summed E-state index contributed by atoms with van der Waals surface area (Å²) in [4.78, 5) is 10.4. The Morgan fingerprint density at radius 3 is 2.75 bits per heavy atom. The van der Waals surface area contributed by atoms with Crippen LogP contribution in [-0.2, 0) is 0 Å². The van der Waals surface area contributed by atoms with Gasteiger partial charge < -0.3 is 5.32 Å². The van der Waals surface area contributed by atoms with Crippen molar-refractivity contribution in [2.24, 2.45) is 5.92 Å². The molecule has 2 rings (SSSR count). The zero-order chi connectivity index (χ0) is 14.5. The van der Waals surface area contributed by atoms with E-state index < -0.39 is 10.7 Å². The van der Waals surface area contributed by atoms with Gasteiger partial charge in [0, 0.05) is 6.54 Å². The lowest BCUT2D eigenvalue weighted by atomic mass is 10.0. The van der Waals surface area contributed by atoms with Crippen molar-refractivity contribution in [1.82, 2.24) is 0 Å². The fourth-order valence-corrected chi connectivity index (χ4v) is 3.09. The average molecular weight is 345 g/mol. The molecule has 1 fully saturated rings. The van der Waals surface area contributed by atoms with Gasteiger partial charge in [0.2, 0.25) is 0 Å². The highest BCUT2D eigenvalue weighted by Crippen LogP contribution is 2.31. The van der Waals surface area contributed by atoms with Gasteiger partial charge in [-0.15, -0.1) is 0 Å². The van der Waals surface area contributed by atoms with Crippen molar-refractivity contribution in [2.75, 3.05) is 11.9 Å². The molecule has 1 aliphatic rings. The number of anilines is 1. The number of rotatable bonds is 6. The minimum Gasteiger partial charge on any atom is -0.379 e. The van der Waals surface area contributed by atoms with E-state index in [2.05, 4.69) is 21.2 Å². The maximum atomic E-state index is 13.3. The van der Waals surface area contributed by atoms with Gasteiger partial charge >= 0.3 is 0 Å². The molecule has 0 atom stereocenters. The summed E-state index contributed by atoms with van der Waals surface area (Å²) in [6.07, 6.45) is 7.41. The Morgan fingerprint density at radius 2 is 2.10 bits per heavy atom. The number of hydrogen-bond donors (Lipinski definition) is 1. The van der Waals surface area contributed by atoms with Crippen LogP contribution in [0.5, 0.6) is 0 Å². The molecule has 4 nitrogen and oxygen atoms in total. The van der Waals surface area contributed by atoms with Gasteiger partial charge in [0.25, 0.3) is 5.69 Å². The van der Waals surface area contributed by atoms with Gasteiger partial charge in [-0.3, -0.25) is 10.1 Å². The molecule has 0 saturated heterocycles. The first-order valence-corrected chi connectivity index (χ1v) is 7.74. The van der Waals surface area contributed by atoms with Crippen molar-refractivity contribution in [3.05, 3.63) is 32.5 Å². The summed E-state index contributed by atoms with van der Waals surface area (Å²) in [5, 5.41) is 14.0.